The molecule has 0 saturated heterocycles. The summed E-state index contributed by atoms with van der Waals surface area (Å²) in [6, 6.07) is 2.37. The molecule has 88 valence electrons. The number of hydrogen-bond acceptors (Lipinski definition) is 3. The standard InChI is InChI=1S/C12H18N2O2/c1-16-10-4-3-9(7-10)14-11(15)12(8-13)5-2-6-12/h9-10H,2-7H2,1H3,(H,14,15). The number of rotatable bonds is 3. The molecule has 2 atom stereocenters. The van der Waals surface area contributed by atoms with Crippen LogP contribution in [-0.4, -0.2) is 25.2 Å². The SMILES string of the molecule is COC1CCC(NC(=O)C2(C#N)CCC2)C1. The zero-order valence-corrected chi connectivity index (χ0v) is 9.66. The summed E-state index contributed by atoms with van der Waals surface area (Å²) in [5.74, 6) is -0.0667. The lowest BCUT2D eigenvalue weighted by atomic mass is 9.69. The highest BCUT2D eigenvalue weighted by Crippen LogP contribution is 2.40. The molecule has 1 amide bonds. The number of carbonyl (C=O) groups excluding carboxylic acids is 1. The van der Waals surface area contributed by atoms with Crippen LogP contribution in [-0.2, 0) is 9.53 Å². The van der Waals surface area contributed by atoms with Crippen molar-refractivity contribution in [2.24, 2.45) is 5.41 Å². The zero-order chi connectivity index (χ0) is 11.6. The van der Waals surface area contributed by atoms with E-state index in [1.165, 1.54) is 0 Å². The second-order valence-electron chi connectivity index (χ2n) is 4.89. The summed E-state index contributed by atoms with van der Waals surface area (Å²) >= 11 is 0. The van der Waals surface area contributed by atoms with Gasteiger partial charge in [0.1, 0.15) is 5.41 Å². The molecule has 4 heteroatoms. The topological polar surface area (TPSA) is 62.1 Å². The van der Waals surface area contributed by atoms with Crippen molar-refractivity contribution in [1.29, 1.82) is 5.26 Å². The quantitative estimate of drug-likeness (QED) is 0.784. The number of ether oxygens (including phenoxy) is 1. The molecular weight excluding hydrogens is 204 g/mol. The molecule has 0 heterocycles. The monoisotopic (exact) mass is 222 g/mol. The molecule has 16 heavy (non-hydrogen) atoms. The van der Waals surface area contributed by atoms with Crippen LogP contribution in [0.2, 0.25) is 0 Å². The normalized spacial score (nSPS) is 31.5. The van der Waals surface area contributed by atoms with Crippen molar-refractivity contribution >= 4 is 5.91 Å². The first kappa shape index (κ1) is 11.4. The van der Waals surface area contributed by atoms with E-state index in [1.807, 2.05) is 0 Å². The Balaban J connectivity index is 1.86. The molecule has 0 bridgehead atoms. The summed E-state index contributed by atoms with van der Waals surface area (Å²) < 4.78 is 5.26. The van der Waals surface area contributed by atoms with Gasteiger partial charge in [-0.3, -0.25) is 4.79 Å². The Labute approximate surface area is 96.0 Å². The number of carbonyl (C=O) groups is 1. The molecule has 1 N–H and O–H groups in total. The maximum atomic E-state index is 12.0. The van der Waals surface area contributed by atoms with Gasteiger partial charge >= 0.3 is 0 Å². The molecule has 0 spiro atoms. The van der Waals surface area contributed by atoms with Crippen molar-refractivity contribution in [1.82, 2.24) is 5.32 Å². The van der Waals surface area contributed by atoms with Crippen molar-refractivity contribution in [3.8, 4) is 6.07 Å². The van der Waals surface area contributed by atoms with E-state index in [0.717, 1.165) is 38.5 Å². The molecule has 4 nitrogen and oxygen atoms in total. The third kappa shape index (κ3) is 1.92. The summed E-state index contributed by atoms with van der Waals surface area (Å²) in [5, 5.41) is 12.0. The molecule has 2 aliphatic carbocycles. The van der Waals surface area contributed by atoms with Gasteiger partial charge < -0.3 is 10.1 Å². The number of amides is 1. The highest BCUT2D eigenvalue weighted by Gasteiger charge is 2.45. The number of methoxy groups -OCH3 is 1. The fourth-order valence-corrected chi connectivity index (χ4v) is 2.53. The van der Waals surface area contributed by atoms with E-state index in [0.29, 0.717) is 0 Å². The molecule has 0 aromatic carbocycles. The number of nitrogens with zero attached hydrogens (tertiary/aromatic N) is 1. The van der Waals surface area contributed by atoms with Crippen LogP contribution in [0.5, 0.6) is 0 Å². The molecule has 0 aromatic rings. The van der Waals surface area contributed by atoms with Crippen LogP contribution < -0.4 is 5.32 Å². The minimum atomic E-state index is -0.717. The second-order valence-corrected chi connectivity index (χ2v) is 4.89. The van der Waals surface area contributed by atoms with Crippen molar-refractivity contribution < 1.29 is 9.53 Å². The van der Waals surface area contributed by atoms with Crippen LogP contribution in [0.3, 0.4) is 0 Å². The van der Waals surface area contributed by atoms with E-state index in [1.54, 1.807) is 7.11 Å². The molecule has 2 aliphatic rings. The zero-order valence-electron chi connectivity index (χ0n) is 9.66. The highest BCUT2D eigenvalue weighted by atomic mass is 16.5. The number of hydrogen-bond donors (Lipinski definition) is 1. The van der Waals surface area contributed by atoms with Gasteiger partial charge in [0.25, 0.3) is 0 Å². The molecule has 0 aliphatic heterocycles. The lowest BCUT2D eigenvalue weighted by molar-refractivity contribution is -0.132. The van der Waals surface area contributed by atoms with Gasteiger partial charge in [0.15, 0.2) is 0 Å². The van der Waals surface area contributed by atoms with Crippen LogP contribution in [0.4, 0.5) is 0 Å². The summed E-state index contributed by atoms with van der Waals surface area (Å²) in [6.07, 6.45) is 5.54. The van der Waals surface area contributed by atoms with Gasteiger partial charge in [0, 0.05) is 13.2 Å². The summed E-state index contributed by atoms with van der Waals surface area (Å²) in [5.41, 5.74) is -0.717. The van der Waals surface area contributed by atoms with Gasteiger partial charge in [-0.05, 0) is 38.5 Å². The van der Waals surface area contributed by atoms with Crippen molar-refractivity contribution in [3.05, 3.63) is 0 Å². The maximum Gasteiger partial charge on any atom is 0.240 e. The predicted molar refractivity (Wildman–Crippen MR) is 58.5 cm³/mol. The third-order valence-electron chi connectivity index (χ3n) is 3.91. The van der Waals surface area contributed by atoms with Crippen LogP contribution in [0.25, 0.3) is 0 Å². The van der Waals surface area contributed by atoms with Gasteiger partial charge in [-0.2, -0.15) is 5.26 Å². The first-order valence-corrected chi connectivity index (χ1v) is 5.95. The third-order valence-corrected chi connectivity index (χ3v) is 3.91. The first-order chi connectivity index (χ1) is 7.70. The maximum absolute atomic E-state index is 12.0. The molecule has 2 unspecified atom stereocenters. The molecular formula is C12H18N2O2. The smallest absolute Gasteiger partial charge is 0.240 e. The van der Waals surface area contributed by atoms with Gasteiger partial charge in [0.2, 0.25) is 5.91 Å². The van der Waals surface area contributed by atoms with Crippen molar-refractivity contribution in [2.75, 3.05) is 7.11 Å². The van der Waals surface area contributed by atoms with E-state index in [9.17, 15) is 4.79 Å². The van der Waals surface area contributed by atoms with Gasteiger partial charge in [-0.15, -0.1) is 0 Å². The van der Waals surface area contributed by atoms with Gasteiger partial charge in [-0.25, -0.2) is 0 Å². The Bertz CT molecular complexity index is 317. The van der Waals surface area contributed by atoms with E-state index in [-0.39, 0.29) is 18.1 Å². The second kappa shape index (κ2) is 4.42. The summed E-state index contributed by atoms with van der Waals surface area (Å²) in [7, 11) is 1.71. The molecule has 0 aromatic heterocycles. The Kier molecular flexibility index (Phi) is 3.15. The summed E-state index contributed by atoms with van der Waals surface area (Å²) in [4.78, 5) is 12.0. The molecule has 2 rings (SSSR count). The van der Waals surface area contributed by atoms with E-state index in [2.05, 4.69) is 11.4 Å². The predicted octanol–water partition coefficient (Wildman–Crippen LogP) is 1.36. The summed E-state index contributed by atoms with van der Waals surface area (Å²) in [6.45, 7) is 0. The highest BCUT2D eigenvalue weighted by molar-refractivity contribution is 5.86. The lowest BCUT2D eigenvalue weighted by Crippen LogP contribution is -2.47. The first-order valence-electron chi connectivity index (χ1n) is 5.95. The fraction of sp³-hybridized carbons (Fsp3) is 0.833. The Morgan fingerprint density at radius 3 is 2.69 bits per heavy atom. The van der Waals surface area contributed by atoms with Crippen molar-refractivity contribution in [2.45, 2.75) is 50.7 Å². The van der Waals surface area contributed by atoms with Crippen LogP contribution in [0.1, 0.15) is 38.5 Å². The lowest BCUT2D eigenvalue weighted by Gasteiger charge is -2.34. The van der Waals surface area contributed by atoms with Gasteiger partial charge in [-0.1, -0.05) is 0 Å². The Hall–Kier alpha value is -1.08. The van der Waals surface area contributed by atoms with Crippen molar-refractivity contribution in [3.63, 3.8) is 0 Å². The number of nitriles is 1. The average Bonchev–Trinajstić information content (AvgIpc) is 2.64. The molecule has 0 radical (unpaired) electrons. The molecule has 2 fully saturated rings. The van der Waals surface area contributed by atoms with Gasteiger partial charge in [0.05, 0.1) is 12.2 Å². The largest absolute Gasteiger partial charge is 0.381 e. The van der Waals surface area contributed by atoms with E-state index < -0.39 is 5.41 Å². The van der Waals surface area contributed by atoms with E-state index >= 15 is 0 Å². The van der Waals surface area contributed by atoms with E-state index in [4.69, 9.17) is 10.00 Å². The number of nitrogens with one attached hydrogen (secondary N) is 1. The Morgan fingerprint density at radius 1 is 1.50 bits per heavy atom. The molecule has 2 saturated carbocycles. The van der Waals surface area contributed by atoms with Crippen LogP contribution in [0, 0.1) is 16.7 Å². The minimum absolute atomic E-state index is 0.0667. The van der Waals surface area contributed by atoms with Crippen LogP contribution >= 0.6 is 0 Å². The minimum Gasteiger partial charge on any atom is -0.381 e. The average molecular weight is 222 g/mol. The fourth-order valence-electron chi connectivity index (χ4n) is 2.53. The van der Waals surface area contributed by atoms with Crippen LogP contribution in [0.15, 0.2) is 0 Å². The Morgan fingerprint density at radius 2 is 2.25 bits per heavy atom.